The lowest BCUT2D eigenvalue weighted by atomic mass is 10.1. The van der Waals surface area contributed by atoms with Crippen LogP contribution in [0.1, 0.15) is 25.8 Å². The predicted octanol–water partition coefficient (Wildman–Crippen LogP) is 2.41. The van der Waals surface area contributed by atoms with Crippen molar-refractivity contribution >= 4 is 5.69 Å². The van der Waals surface area contributed by atoms with E-state index in [4.69, 9.17) is 0 Å². The standard InChI is InChI=1S/C14H20N2/c1-14(2)8-13(14)15-9-11-7-10-5-3-4-6-12(10)16-11/h3-6,11,13,15-16H,7-9H2,1-2H3. The number of para-hydroxylation sites is 1. The van der Waals surface area contributed by atoms with Gasteiger partial charge in [-0.2, -0.15) is 0 Å². The first-order chi connectivity index (χ1) is 7.65. The molecule has 1 fully saturated rings. The number of benzene rings is 1. The van der Waals surface area contributed by atoms with Crippen LogP contribution in [0.5, 0.6) is 0 Å². The van der Waals surface area contributed by atoms with Gasteiger partial charge < -0.3 is 10.6 Å². The maximum atomic E-state index is 3.66. The number of fused-ring (bicyclic) bond motifs is 1. The van der Waals surface area contributed by atoms with E-state index in [0.717, 1.165) is 19.0 Å². The highest BCUT2D eigenvalue weighted by molar-refractivity contribution is 5.56. The van der Waals surface area contributed by atoms with Crippen LogP contribution in [-0.2, 0) is 6.42 Å². The first-order valence-electron chi connectivity index (χ1n) is 6.23. The molecule has 2 N–H and O–H groups in total. The Kier molecular flexibility index (Phi) is 2.21. The molecule has 0 saturated heterocycles. The third kappa shape index (κ3) is 1.82. The average Bonchev–Trinajstić information content (AvgIpc) is 2.72. The Balaban J connectivity index is 1.53. The summed E-state index contributed by atoms with van der Waals surface area (Å²) in [4.78, 5) is 0. The molecule has 0 bridgehead atoms. The summed E-state index contributed by atoms with van der Waals surface area (Å²) < 4.78 is 0. The lowest BCUT2D eigenvalue weighted by Gasteiger charge is -2.13. The first kappa shape index (κ1) is 10.2. The molecule has 0 aromatic heterocycles. The van der Waals surface area contributed by atoms with E-state index < -0.39 is 0 Å². The maximum absolute atomic E-state index is 3.66. The van der Waals surface area contributed by atoms with Crippen LogP contribution in [0, 0.1) is 5.41 Å². The van der Waals surface area contributed by atoms with Gasteiger partial charge >= 0.3 is 0 Å². The van der Waals surface area contributed by atoms with Gasteiger partial charge in [-0.15, -0.1) is 0 Å². The molecule has 16 heavy (non-hydrogen) atoms. The van der Waals surface area contributed by atoms with Crippen molar-refractivity contribution in [1.29, 1.82) is 0 Å². The molecule has 0 radical (unpaired) electrons. The smallest absolute Gasteiger partial charge is 0.0427 e. The van der Waals surface area contributed by atoms with Crippen molar-refractivity contribution in [3.05, 3.63) is 29.8 Å². The highest BCUT2D eigenvalue weighted by Gasteiger charge is 2.45. The highest BCUT2D eigenvalue weighted by atomic mass is 15.1. The van der Waals surface area contributed by atoms with Crippen LogP contribution in [0.2, 0.25) is 0 Å². The molecule has 0 spiro atoms. The van der Waals surface area contributed by atoms with E-state index in [2.05, 4.69) is 48.7 Å². The molecule has 3 rings (SSSR count). The number of hydrogen-bond acceptors (Lipinski definition) is 2. The SMILES string of the molecule is CC1(C)CC1NCC1Cc2ccccc2N1. The molecule has 2 aliphatic rings. The van der Waals surface area contributed by atoms with Gasteiger partial charge in [-0.05, 0) is 29.9 Å². The molecular weight excluding hydrogens is 196 g/mol. The third-order valence-corrected chi connectivity index (χ3v) is 3.97. The Morgan fingerprint density at radius 2 is 2.12 bits per heavy atom. The fourth-order valence-corrected chi connectivity index (χ4v) is 2.60. The quantitative estimate of drug-likeness (QED) is 0.811. The van der Waals surface area contributed by atoms with E-state index in [9.17, 15) is 0 Å². The minimum absolute atomic E-state index is 0.533. The van der Waals surface area contributed by atoms with Crippen LogP contribution in [0.15, 0.2) is 24.3 Å². The second-order valence-corrected chi connectivity index (χ2v) is 5.86. The summed E-state index contributed by atoms with van der Waals surface area (Å²) in [6.07, 6.45) is 2.49. The molecule has 2 nitrogen and oxygen atoms in total. The Bertz CT molecular complexity index is 372. The maximum Gasteiger partial charge on any atom is 0.0427 e. The molecule has 86 valence electrons. The van der Waals surface area contributed by atoms with Gasteiger partial charge in [-0.3, -0.25) is 0 Å². The molecular formula is C14H20N2. The Morgan fingerprint density at radius 3 is 2.81 bits per heavy atom. The summed E-state index contributed by atoms with van der Waals surface area (Å²) in [5, 5.41) is 7.24. The number of hydrogen-bond donors (Lipinski definition) is 2. The Morgan fingerprint density at radius 1 is 1.38 bits per heavy atom. The highest BCUT2D eigenvalue weighted by Crippen LogP contribution is 2.44. The van der Waals surface area contributed by atoms with E-state index in [1.165, 1.54) is 17.7 Å². The van der Waals surface area contributed by atoms with Gasteiger partial charge in [0.2, 0.25) is 0 Å². The van der Waals surface area contributed by atoms with Crippen LogP contribution in [0.4, 0.5) is 5.69 Å². The second kappa shape index (κ2) is 3.49. The van der Waals surface area contributed by atoms with Gasteiger partial charge in [0.25, 0.3) is 0 Å². The van der Waals surface area contributed by atoms with Crippen LogP contribution >= 0.6 is 0 Å². The summed E-state index contributed by atoms with van der Waals surface area (Å²) in [7, 11) is 0. The summed E-state index contributed by atoms with van der Waals surface area (Å²) in [6, 6.07) is 9.94. The van der Waals surface area contributed by atoms with Gasteiger partial charge in [0.1, 0.15) is 0 Å². The van der Waals surface area contributed by atoms with Gasteiger partial charge in [0, 0.05) is 24.3 Å². The van der Waals surface area contributed by atoms with Gasteiger partial charge in [-0.1, -0.05) is 32.0 Å². The van der Waals surface area contributed by atoms with Crippen molar-refractivity contribution in [2.24, 2.45) is 5.41 Å². The van der Waals surface area contributed by atoms with Gasteiger partial charge in [-0.25, -0.2) is 0 Å². The molecule has 1 heterocycles. The molecule has 1 aromatic carbocycles. The monoisotopic (exact) mass is 216 g/mol. The second-order valence-electron chi connectivity index (χ2n) is 5.86. The number of nitrogens with one attached hydrogen (secondary N) is 2. The van der Waals surface area contributed by atoms with Crippen molar-refractivity contribution in [3.8, 4) is 0 Å². The lowest BCUT2D eigenvalue weighted by molar-refractivity contribution is 0.523. The van der Waals surface area contributed by atoms with Gasteiger partial charge in [0.15, 0.2) is 0 Å². The Labute approximate surface area is 97.4 Å². The Hall–Kier alpha value is -1.02. The molecule has 1 aliphatic heterocycles. The van der Waals surface area contributed by atoms with E-state index in [-0.39, 0.29) is 0 Å². The topological polar surface area (TPSA) is 24.1 Å². The van der Waals surface area contributed by atoms with E-state index in [1.54, 1.807) is 0 Å². The summed E-state index contributed by atoms with van der Waals surface area (Å²) in [5.74, 6) is 0. The van der Waals surface area contributed by atoms with E-state index in [0.29, 0.717) is 11.5 Å². The summed E-state index contributed by atoms with van der Waals surface area (Å²) >= 11 is 0. The number of anilines is 1. The van der Waals surface area contributed by atoms with Crippen LogP contribution in [-0.4, -0.2) is 18.6 Å². The zero-order chi connectivity index (χ0) is 11.2. The molecule has 2 heteroatoms. The lowest BCUT2D eigenvalue weighted by Crippen LogP contribution is -2.34. The van der Waals surface area contributed by atoms with Crippen LogP contribution < -0.4 is 10.6 Å². The minimum atomic E-state index is 0.533. The molecule has 2 atom stereocenters. The average molecular weight is 216 g/mol. The van der Waals surface area contributed by atoms with E-state index >= 15 is 0 Å². The number of rotatable bonds is 3. The molecule has 1 saturated carbocycles. The fourth-order valence-electron chi connectivity index (χ4n) is 2.60. The van der Waals surface area contributed by atoms with Gasteiger partial charge in [0.05, 0.1) is 0 Å². The molecule has 1 aromatic rings. The van der Waals surface area contributed by atoms with Crippen molar-refractivity contribution in [1.82, 2.24) is 5.32 Å². The van der Waals surface area contributed by atoms with Crippen molar-refractivity contribution < 1.29 is 0 Å². The fraction of sp³-hybridized carbons (Fsp3) is 0.571. The molecule has 1 aliphatic carbocycles. The normalized spacial score (nSPS) is 29.6. The minimum Gasteiger partial charge on any atom is -0.380 e. The predicted molar refractivity (Wildman–Crippen MR) is 67.7 cm³/mol. The van der Waals surface area contributed by atoms with Crippen LogP contribution in [0.3, 0.4) is 0 Å². The summed E-state index contributed by atoms with van der Waals surface area (Å²) in [6.45, 7) is 5.76. The largest absolute Gasteiger partial charge is 0.380 e. The summed E-state index contributed by atoms with van der Waals surface area (Å²) in [5.41, 5.74) is 3.32. The molecule has 0 amide bonds. The zero-order valence-electron chi connectivity index (χ0n) is 10.1. The van der Waals surface area contributed by atoms with Crippen LogP contribution in [0.25, 0.3) is 0 Å². The van der Waals surface area contributed by atoms with Crippen molar-refractivity contribution in [2.45, 2.75) is 38.8 Å². The molecule has 2 unspecified atom stereocenters. The first-order valence-corrected chi connectivity index (χ1v) is 6.23. The van der Waals surface area contributed by atoms with Crippen molar-refractivity contribution in [3.63, 3.8) is 0 Å². The zero-order valence-corrected chi connectivity index (χ0v) is 10.1. The third-order valence-electron chi connectivity index (χ3n) is 3.97. The van der Waals surface area contributed by atoms with E-state index in [1.807, 2.05) is 0 Å². The van der Waals surface area contributed by atoms with Crippen molar-refractivity contribution in [2.75, 3.05) is 11.9 Å².